The van der Waals surface area contributed by atoms with Gasteiger partial charge in [0.1, 0.15) is 0 Å². The second-order valence-corrected chi connectivity index (χ2v) is 6.60. The van der Waals surface area contributed by atoms with E-state index in [-0.39, 0.29) is 18.0 Å². The molecule has 0 spiro atoms. The molecule has 0 heterocycles. The Morgan fingerprint density at radius 1 is 0.381 bits per heavy atom. The van der Waals surface area contributed by atoms with Crippen LogP contribution in [0, 0.1) is 0 Å². The molecule has 3 heteroatoms. The summed E-state index contributed by atoms with van der Waals surface area (Å²) in [6, 6.07) is 29.7. The summed E-state index contributed by atoms with van der Waals surface area (Å²) in [5, 5.41) is 0. The maximum absolute atomic E-state index is 2.18. The zero-order valence-electron chi connectivity index (χ0n) is 11.6. The van der Waals surface area contributed by atoms with Gasteiger partial charge < -0.3 is 0 Å². The number of rotatable bonds is 4. The molecule has 3 rings (SSSR count). The maximum Gasteiger partial charge on any atom is 0.0123 e. The predicted molar refractivity (Wildman–Crippen MR) is 97.5 cm³/mol. The minimum absolute atomic E-state index is 0. The van der Waals surface area contributed by atoms with E-state index in [1.165, 1.54) is 19.6 Å². The first kappa shape index (κ1) is 16.3. The first-order valence-electron chi connectivity index (χ1n) is 6.46. The normalized spacial score (nSPS) is 9.90. The third-order valence-corrected chi connectivity index (χ3v) is 4.81. The molecule has 0 fully saturated rings. The second kappa shape index (κ2) is 8.38. The van der Waals surface area contributed by atoms with Gasteiger partial charge in [-0.1, -0.05) is 59.9 Å². The van der Waals surface area contributed by atoms with Gasteiger partial charge in [0.15, 0.2) is 0 Å². The summed E-state index contributed by atoms with van der Waals surface area (Å²) >= 11 is 3.59. The Balaban J connectivity index is 0.00000161. The van der Waals surface area contributed by atoms with Gasteiger partial charge in [-0.15, -0.1) is 0 Å². The average molecular weight is 372 g/mol. The van der Waals surface area contributed by atoms with Gasteiger partial charge in [-0.05, 0) is 48.5 Å². The van der Waals surface area contributed by atoms with E-state index in [1.807, 2.05) is 12.1 Å². The third-order valence-electron chi connectivity index (χ3n) is 2.78. The largest absolute Gasteiger partial charge is 0.0901 e. The van der Waals surface area contributed by atoms with Crippen LogP contribution in [0.2, 0.25) is 0 Å². The predicted octanol–water partition coefficient (Wildman–Crippen LogP) is 4.81. The molecule has 1 atom stereocenters. The molecule has 106 valence electrons. The van der Waals surface area contributed by atoms with Crippen LogP contribution in [0.3, 0.4) is 0 Å². The Morgan fingerprint density at radius 2 is 0.667 bits per heavy atom. The molecule has 0 saturated carbocycles. The van der Waals surface area contributed by atoms with E-state index in [9.17, 15) is 0 Å². The van der Waals surface area contributed by atoms with Gasteiger partial charge in [0, 0.05) is 19.6 Å². The zero-order valence-corrected chi connectivity index (χ0v) is 16.2. The van der Waals surface area contributed by atoms with Crippen molar-refractivity contribution in [3.63, 3.8) is 0 Å². The molecule has 0 amide bonds. The number of benzene rings is 3. The molecule has 0 saturated heterocycles. The third kappa shape index (κ3) is 5.00. The van der Waals surface area contributed by atoms with Crippen LogP contribution < -0.4 is 0 Å². The van der Waals surface area contributed by atoms with Crippen molar-refractivity contribution >= 4 is 41.5 Å². The van der Waals surface area contributed by atoms with Gasteiger partial charge in [0.25, 0.3) is 0 Å². The summed E-state index contributed by atoms with van der Waals surface area (Å²) in [5.41, 5.74) is 0. The SMILES string of the molecule is [AsH3].c1ccc(Sc2ccc(Sc3ccccc3)cc2)cc1. The molecule has 0 N–H and O–H groups in total. The minimum Gasteiger partial charge on any atom is -0.0901 e. The Labute approximate surface area is 145 Å². The van der Waals surface area contributed by atoms with E-state index in [4.69, 9.17) is 0 Å². The van der Waals surface area contributed by atoms with E-state index in [0.717, 1.165) is 0 Å². The van der Waals surface area contributed by atoms with Crippen LogP contribution in [-0.4, -0.2) is 18.0 Å². The molecular formula is C18H17AsS2. The molecule has 0 bridgehead atoms. The van der Waals surface area contributed by atoms with Crippen molar-refractivity contribution in [2.45, 2.75) is 19.6 Å². The summed E-state index contributed by atoms with van der Waals surface area (Å²) in [6.45, 7) is 0. The Kier molecular flexibility index (Phi) is 6.50. The fourth-order valence-electron chi connectivity index (χ4n) is 1.82. The van der Waals surface area contributed by atoms with Crippen molar-refractivity contribution in [2.75, 3.05) is 0 Å². The van der Waals surface area contributed by atoms with E-state index >= 15 is 0 Å². The van der Waals surface area contributed by atoms with Crippen LogP contribution in [0.5, 0.6) is 0 Å². The van der Waals surface area contributed by atoms with Crippen molar-refractivity contribution in [2.24, 2.45) is 0 Å². The fourth-order valence-corrected chi connectivity index (χ4v) is 3.50. The van der Waals surface area contributed by atoms with Gasteiger partial charge >= 0.3 is 18.0 Å². The minimum atomic E-state index is 0. The summed E-state index contributed by atoms with van der Waals surface area (Å²) < 4.78 is 0. The average Bonchev–Trinajstić information content (AvgIpc) is 2.51. The molecule has 0 aromatic heterocycles. The summed E-state index contributed by atoms with van der Waals surface area (Å²) in [6.07, 6.45) is 0. The first-order chi connectivity index (χ1) is 9.90. The molecule has 0 nitrogen and oxygen atoms in total. The maximum atomic E-state index is 2.18. The van der Waals surface area contributed by atoms with Crippen molar-refractivity contribution in [3.05, 3.63) is 84.9 Å². The Bertz CT molecular complexity index is 591. The van der Waals surface area contributed by atoms with Crippen molar-refractivity contribution in [3.8, 4) is 0 Å². The van der Waals surface area contributed by atoms with Gasteiger partial charge in [0.2, 0.25) is 0 Å². The van der Waals surface area contributed by atoms with E-state index in [2.05, 4.69) is 72.8 Å². The van der Waals surface area contributed by atoms with Gasteiger partial charge in [-0.25, -0.2) is 0 Å². The first-order valence-corrected chi connectivity index (χ1v) is 8.09. The molecule has 3 aromatic carbocycles. The Hall–Kier alpha value is -1.08. The van der Waals surface area contributed by atoms with Crippen molar-refractivity contribution in [1.29, 1.82) is 0 Å². The van der Waals surface area contributed by atoms with Crippen LogP contribution in [0.4, 0.5) is 0 Å². The number of hydrogen-bond acceptors (Lipinski definition) is 2. The van der Waals surface area contributed by atoms with Crippen LogP contribution in [-0.2, 0) is 0 Å². The standard InChI is InChI=1S/C18H14S2.AsH3/c1-3-7-15(8-4-1)19-17-11-13-18(14-12-17)20-16-9-5-2-6-10-16;/h1-14H;1H3. The molecule has 0 aliphatic carbocycles. The van der Waals surface area contributed by atoms with Crippen LogP contribution in [0.1, 0.15) is 0 Å². The summed E-state index contributed by atoms with van der Waals surface area (Å²) in [5.74, 6) is 0. The quantitative estimate of drug-likeness (QED) is 0.603. The smallest absolute Gasteiger partial charge is 0.0123 e. The van der Waals surface area contributed by atoms with Gasteiger partial charge in [0.05, 0.1) is 0 Å². The summed E-state index contributed by atoms with van der Waals surface area (Å²) in [7, 11) is 0. The Morgan fingerprint density at radius 3 is 1.00 bits per heavy atom. The molecular weight excluding hydrogens is 355 g/mol. The molecule has 21 heavy (non-hydrogen) atoms. The molecule has 0 aliphatic heterocycles. The van der Waals surface area contributed by atoms with Crippen LogP contribution >= 0.6 is 23.5 Å². The number of hydrogen-bond donors (Lipinski definition) is 0. The van der Waals surface area contributed by atoms with E-state index in [0.29, 0.717) is 0 Å². The monoisotopic (exact) mass is 372 g/mol. The zero-order chi connectivity index (χ0) is 13.6. The van der Waals surface area contributed by atoms with E-state index < -0.39 is 0 Å². The van der Waals surface area contributed by atoms with Crippen LogP contribution in [0.25, 0.3) is 0 Å². The second-order valence-electron chi connectivity index (χ2n) is 4.30. The molecule has 1 unspecified atom stereocenters. The van der Waals surface area contributed by atoms with Gasteiger partial charge in [-0.3, -0.25) is 0 Å². The van der Waals surface area contributed by atoms with Crippen LogP contribution in [0.15, 0.2) is 105 Å². The van der Waals surface area contributed by atoms with Crippen molar-refractivity contribution in [1.82, 2.24) is 0 Å². The molecule has 0 aliphatic rings. The summed E-state index contributed by atoms with van der Waals surface area (Å²) in [4.78, 5) is 5.09. The van der Waals surface area contributed by atoms with Gasteiger partial charge in [-0.2, -0.15) is 0 Å². The van der Waals surface area contributed by atoms with Crippen molar-refractivity contribution < 1.29 is 0 Å². The topological polar surface area (TPSA) is 0 Å². The fraction of sp³-hybridized carbons (Fsp3) is 0. The molecule has 0 radical (unpaired) electrons. The van der Waals surface area contributed by atoms with E-state index in [1.54, 1.807) is 23.5 Å². The molecule has 3 aromatic rings.